The Morgan fingerprint density at radius 1 is 1.09 bits per heavy atom. The van der Waals surface area contributed by atoms with E-state index in [0.29, 0.717) is 31.1 Å². The van der Waals surface area contributed by atoms with E-state index >= 15 is 0 Å². The lowest BCUT2D eigenvalue weighted by molar-refractivity contribution is -0.115. The molecule has 1 N–H and O–H groups in total. The van der Waals surface area contributed by atoms with Crippen molar-refractivity contribution in [2.75, 3.05) is 18.4 Å². The minimum absolute atomic E-state index is 0.134. The summed E-state index contributed by atoms with van der Waals surface area (Å²) in [6.45, 7) is 3.49. The van der Waals surface area contributed by atoms with Gasteiger partial charge in [0.1, 0.15) is 17.4 Å². The quantitative estimate of drug-likeness (QED) is 0.537. The highest BCUT2D eigenvalue weighted by Crippen LogP contribution is 2.22. The van der Waals surface area contributed by atoms with E-state index in [4.69, 9.17) is 4.74 Å². The molecule has 0 atom stereocenters. The van der Waals surface area contributed by atoms with Gasteiger partial charge in [-0.05, 0) is 56.2 Å². The minimum atomic E-state index is -3.46. The van der Waals surface area contributed by atoms with Gasteiger partial charge in [0.2, 0.25) is 15.9 Å². The van der Waals surface area contributed by atoms with Gasteiger partial charge in [-0.1, -0.05) is 17.7 Å². The third kappa shape index (κ3) is 5.53. The summed E-state index contributed by atoms with van der Waals surface area (Å²) in [5.74, 6) is 0.566. The summed E-state index contributed by atoms with van der Waals surface area (Å²) in [6, 6.07) is 14.1. The summed E-state index contributed by atoms with van der Waals surface area (Å²) in [5.41, 5.74) is 2.39. The van der Waals surface area contributed by atoms with Crippen molar-refractivity contribution in [1.82, 2.24) is 9.29 Å². The van der Waals surface area contributed by atoms with Crippen molar-refractivity contribution in [3.05, 3.63) is 70.2 Å². The largest absolute Gasteiger partial charge is 0.486 e. The van der Waals surface area contributed by atoms with Crippen molar-refractivity contribution in [1.29, 1.82) is 0 Å². The molecule has 168 valence electrons. The van der Waals surface area contributed by atoms with Crippen LogP contribution in [0.3, 0.4) is 0 Å². The number of anilines is 1. The zero-order valence-electron chi connectivity index (χ0n) is 17.8. The van der Waals surface area contributed by atoms with Gasteiger partial charge in [0.05, 0.1) is 17.0 Å². The van der Waals surface area contributed by atoms with Crippen LogP contribution in [0.1, 0.15) is 29.1 Å². The number of hydrogen-bond acceptors (Lipinski definition) is 6. The van der Waals surface area contributed by atoms with Crippen LogP contribution in [0.15, 0.2) is 58.8 Å². The molecule has 3 aromatic rings. The maximum atomic E-state index is 12.6. The van der Waals surface area contributed by atoms with E-state index in [9.17, 15) is 13.2 Å². The number of amides is 1. The molecule has 0 unspecified atom stereocenters. The molecule has 0 aliphatic carbocycles. The molecule has 1 aromatic heterocycles. The lowest BCUT2D eigenvalue weighted by Gasteiger charge is -2.15. The van der Waals surface area contributed by atoms with Crippen LogP contribution in [0.25, 0.3) is 0 Å². The van der Waals surface area contributed by atoms with E-state index in [1.165, 1.54) is 33.3 Å². The van der Waals surface area contributed by atoms with Crippen LogP contribution in [-0.4, -0.2) is 36.7 Å². The number of carbonyl (C=O) groups excluding carboxylic acids is 1. The normalized spacial score (nSPS) is 14.4. The first kappa shape index (κ1) is 22.4. The van der Waals surface area contributed by atoms with Crippen molar-refractivity contribution in [2.45, 2.75) is 37.7 Å². The Labute approximate surface area is 192 Å². The van der Waals surface area contributed by atoms with Crippen molar-refractivity contribution in [3.63, 3.8) is 0 Å². The molecule has 0 spiro atoms. The van der Waals surface area contributed by atoms with Gasteiger partial charge in [0.15, 0.2) is 0 Å². The molecule has 1 aliphatic rings. The summed E-state index contributed by atoms with van der Waals surface area (Å²) in [6.07, 6.45) is 1.92. The highest BCUT2D eigenvalue weighted by atomic mass is 32.2. The smallest absolute Gasteiger partial charge is 0.243 e. The molecule has 0 saturated carbocycles. The highest BCUT2D eigenvalue weighted by molar-refractivity contribution is 7.89. The topological polar surface area (TPSA) is 88.6 Å². The second-order valence-corrected chi connectivity index (χ2v) is 10.6. The Kier molecular flexibility index (Phi) is 6.88. The molecule has 0 bridgehead atoms. The Hall–Kier alpha value is -2.75. The van der Waals surface area contributed by atoms with E-state index < -0.39 is 10.0 Å². The van der Waals surface area contributed by atoms with Crippen LogP contribution in [0.5, 0.6) is 5.75 Å². The summed E-state index contributed by atoms with van der Waals surface area (Å²) in [4.78, 5) is 17.1. The number of carbonyl (C=O) groups is 1. The number of benzene rings is 2. The van der Waals surface area contributed by atoms with Crippen LogP contribution in [0.2, 0.25) is 0 Å². The summed E-state index contributed by atoms with van der Waals surface area (Å²) < 4.78 is 32.4. The van der Waals surface area contributed by atoms with Crippen molar-refractivity contribution < 1.29 is 17.9 Å². The molecule has 7 nitrogen and oxygen atoms in total. The maximum Gasteiger partial charge on any atom is 0.243 e. The van der Waals surface area contributed by atoms with Crippen LogP contribution in [0.4, 0.5) is 5.69 Å². The third-order valence-electron chi connectivity index (χ3n) is 5.17. The zero-order valence-corrected chi connectivity index (χ0v) is 19.4. The van der Waals surface area contributed by atoms with Crippen LogP contribution in [-0.2, 0) is 27.8 Å². The first-order valence-corrected chi connectivity index (χ1v) is 12.7. The Balaban J connectivity index is 1.29. The third-order valence-corrected chi connectivity index (χ3v) is 7.95. The summed E-state index contributed by atoms with van der Waals surface area (Å²) >= 11 is 1.45. The highest BCUT2D eigenvalue weighted by Gasteiger charge is 2.26. The predicted octanol–water partition coefficient (Wildman–Crippen LogP) is 4.00. The number of nitrogens with one attached hydrogen (secondary N) is 1. The first-order chi connectivity index (χ1) is 15.4. The second-order valence-electron chi connectivity index (χ2n) is 7.69. The lowest BCUT2D eigenvalue weighted by atomic mass is 10.2. The monoisotopic (exact) mass is 471 g/mol. The second kappa shape index (κ2) is 9.81. The lowest BCUT2D eigenvalue weighted by Crippen LogP contribution is -2.27. The average Bonchev–Trinajstić information content (AvgIpc) is 3.46. The van der Waals surface area contributed by atoms with Gasteiger partial charge in [-0.25, -0.2) is 13.4 Å². The molecule has 0 radical (unpaired) electrons. The van der Waals surface area contributed by atoms with Crippen LogP contribution in [0, 0.1) is 6.92 Å². The Bertz CT molecular complexity index is 1170. The van der Waals surface area contributed by atoms with Gasteiger partial charge < -0.3 is 10.1 Å². The van der Waals surface area contributed by atoms with E-state index in [0.717, 1.165) is 23.6 Å². The minimum Gasteiger partial charge on any atom is -0.486 e. The molecule has 2 heterocycles. The van der Waals surface area contributed by atoms with Crippen LogP contribution < -0.4 is 10.1 Å². The van der Waals surface area contributed by atoms with Gasteiger partial charge >= 0.3 is 0 Å². The predicted molar refractivity (Wildman–Crippen MR) is 124 cm³/mol. The van der Waals surface area contributed by atoms with Crippen molar-refractivity contribution in [3.8, 4) is 5.75 Å². The number of aromatic nitrogens is 1. The molecule has 4 rings (SSSR count). The summed E-state index contributed by atoms with van der Waals surface area (Å²) in [7, 11) is -3.46. The number of rotatable bonds is 8. The number of ether oxygens (including phenoxy) is 1. The van der Waals surface area contributed by atoms with Crippen molar-refractivity contribution in [2.24, 2.45) is 0 Å². The number of nitrogens with zero attached hydrogens (tertiary/aromatic N) is 2. The van der Waals surface area contributed by atoms with Crippen molar-refractivity contribution >= 4 is 33.0 Å². The molecule has 2 aromatic carbocycles. The van der Waals surface area contributed by atoms with Gasteiger partial charge in [0, 0.05) is 24.2 Å². The van der Waals surface area contributed by atoms with Gasteiger partial charge in [-0.2, -0.15) is 4.31 Å². The fraction of sp³-hybridized carbons (Fsp3) is 0.304. The summed E-state index contributed by atoms with van der Waals surface area (Å²) in [5, 5.41) is 5.44. The van der Waals surface area contributed by atoms with E-state index in [1.807, 2.05) is 36.6 Å². The number of sulfonamides is 1. The number of aryl methyl sites for hydroxylation is 1. The van der Waals surface area contributed by atoms with Crippen LogP contribution >= 0.6 is 11.3 Å². The van der Waals surface area contributed by atoms with Gasteiger partial charge in [-0.3, -0.25) is 4.79 Å². The number of hydrogen-bond donors (Lipinski definition) is 1. The van der Waals surface area contributed by atoms with E-state index in [2.05, 4.69) is 10.3 Å². The fourth-order valence-electron chi connectivity index (χ4n) is 3.43. The SMILES string of the molecule is Cc1ccc(OCc2nc(CC(=O)Nc3ccc(S(=O)(=O)N4CCCC4)cc3)cs2)cc1. The van der Waals surface area contributed by atoms with Gasteiger partial charge in [-0.15, -0.1) is 11.3 Å². The van der Waals surface area contributed by atoms with E-state index in [-0.39, 0.29) is 17.2 Å². The standard InChI is InChI=1S/C23H25N3O4S2/c1-17-4-8-20(9-5-17)30-15-23-25-19(16-31-23)14-22(27)24-18-6-10-21(11-7-18)32(28,29)26-12-2-3-13-26/h4-11,16H,2-3,12-15H2,1H3,(H,24,27). The number of thiazole rings is 1. The zero-order chi connectivity index (χ0) is 22.6. The Morgan fingerprint density at radius 3 is 2.47 bits per heavy atom. The average molecular weight is 472 g/mol. The molecular formula is C23H25N3O4S2. The molecule has 1 saturated heterocycles. The molecule has 1 fully saturated rings. The molecular weight excluding hydrogens is 446 g/mol. The molecule has 32 heavy (non-hydrogen) atoms. The molecule has 1 amide bonds. The molecule has 1 aliphatic heterocycles. The maximum absolute atomic E-state index is 12.6. The molecule has 9 heteroatoms. The Morgan fingerprint density at radius 2 is 1.78 bits per heavy atom. The first-order valence-electron chi connectivity index (χ1n) is 10.4. The van der Waals surface area contributed by atoms with E-state index in [1.54, 1.807) is 12.1 Å². The van der Waals surface area contributed by atoms with Gasteiger partial charge in [0.25, 0.3) is 0 Å². The fourth-order valence-corrected chi connectivity index (χ4v) is 5.66.